The third kappa shape index (κ3) is 35.6. The SMILES string of the molecule is O=C([O-])[O-].[Ce+3].[Sr+2]. The predicted molar refractivity (Wildman–Crippen MR) is 11.1 cm³/mol. The summed E-state index contributed by atoms with van der Waals surface area (Å²) in [6, 6.07) is 0. The van der Waals surface area contributed by atoms with E-state index in [9.17, 15) is 0 Å². The Morgan fingerprint density at radius 1 is 1.33 bits per heavy atom. The van der Waals surface area contributed by atoms with Gasteiger partial charge >= 0.3 is 87.2 Å². The van der Waals surface area contributed by atoms with E-state index in [2.05, 4.69) is 0 Å². The van der Waals surface area contributed by atoms with Crippen molar-refractivity contribution in [3.05, 3.63) is 0 Å². The molecule has 0 atom stereocenters. The number of carbonyl (C=O) groups excluding carboxylic acids is 1. The molecule has 0 aliphatic carbocycles. The standard InChI is InChI=1S/CH2O3.Ce.Sr/c2-1(3)4;;/h(H2,2,3,4);;/q;+3;+2/p-2. The summed E-state index contributed by atoms with van der Waals surface area (Å²) in [5.41, 5.74) is 0. The Kier molecular flexibility index (Phi) is 26.6. The molecule has 25 valence electrons. The van der Waals surface area contributed by atoms with Gasteiger partial charge in [-0.05, 0) is 6.16 Å². The summed E-state index contributed by atoms with van der Waals surface area (Å²) in [5, 5.41) is 16.7. The van der Waals surface area contributed by atoms with Gasteiger partial charge in [0.2, 0.25) is 0 Å². The maximum atomic E-state index is 8.33. The van der Waals surface area contributed by atoms with Crippen molar-refractivity contribution in [1.82, 2.24) is 0 Å². The van der Waals surface area contributed by atoms with E-state index in [4.69, 9.17) is 15.0 Å². The normalized spacial score (nSPS) is 4.00. The first-order chi connectivity index (χ1) is 1.73. The smallest absolute Gasteiger partial charge is 0.652 e. The summed E-state index contributed by atoms with van der Waals surface area (Å²) in [7, 11) is 0. The molecule has 0 amide bonds. The third-order valence-electron chi connectivity index (χ3n) is 0. The fraction of sp³-hybridized carbons (Fsp3) is 0. The number of rotatable bonds is 0. The Morgan fingerprint density at radius 3 is 1.33 bits per heavy atom. The minimum Gasteiger partial charge on any atom is -0.652 e. The van der Waals surface area contributed by atoms with Crippen molar-refractivity contribution in [1.29, 1.82) is 0 Å². The minimum absolute atomic E-state index is 0. The second-order valence-corrected chi connectivity index (χ2v) is 0.250. The summed E-state index contributed by atoms with van der Waals surface area (Å²) in [4.78, 5) is 8.33. The molecule has 0 N–H and O–H groups in total. The molecule has 0 fully saturated rings. The Bertz CT molecular complexity index is 33.8. The van der Waals surface area contributed by atoms with E-state index in [1.807, 2.05) is 0 Å². The predicted octanol–water partition coefficient (Wildman–Crippen LogP) is -2.83. The fourth-order valence-electron chi connectivity index (χ4n) is 0. The van der Waals surface area contributed by atoms with Crippen LogP contribution in [0.2, 0.25) is 0 Å². The Labute approximate surface area is 106 Å². The molecule has 0 aliphatic rings. The molecule has 0 rings (SSSR count). The van der Waals surface area contributed by atoms with Gasteiger partial charge in [0.15, 0.2) is 0 Å². The van der Waals surface area contributed by atoms with Crippen molar-refractivity contribution >= 4 is 51.6 Å². The van der Waals surface area contributed by atoms with Crippen LogP contribution >= 0.6 is 0 Å². The second-order valence-electron chi connectivity index (χ2n) is 0.250. The first-order valence-electron chi connectivity index (χ1n) is 0.612. The van der Waals surface area contributed by atoms with E-state index < -0.39 is 6.16 Å². The first-order valence-corrected chi connectivity index (χ1v) is 0.612. The van der Waals surface area contributed by atoms with Crippen molar-refractivity contribution < 1.29 is 56.8 Å². The molecule has 1 radical (unpaired) electrons. The third-order valence-corrected chi connectivity index (χ3v) is 0. The molecule has 0 aliphatic heterocycles. The summed E-state index contributed by atoms with van der Waals surface area (Å²) < 4.78 is 0. The van der Waals surface area contributed by atoms with Crippen molar-refractivity contribution in [2.45, 2.75) is 0 Å². The van der Waals surface area contributed by atoms with Crippen molar-refractivity contribution in [2.75, 3.05) is 0 Å². The van der Waals surface area contributed by atoms with Crippen LogP contribution in [-0.2, 0) is 0 Å². The van der Waals surface area contributed by atoms with Crippen molar-refractivity contribution in [3.63, 3.8) is 0 Å². The summed E-state index contributed by atoms with van der Waals surface area (Å²) in [6.45, 7) is 0. The summed E-state index contributed by atoms with van der Waals surface area (Å²) in [5.74, 6) is 0. The molecule has 3 nitrogen and oxygen atoms in total. The molecule has 0 unspecified atom stereocenters. The van der Waals surface area contributed by atoms with Crippen LogP contribution in [0.5, 0.6) is 0 Å². The average Bonchev–Trinajstić information content (AvgIpc) is 0.811. The molecular formula is CCeO3Sr+3. The summed E-state index contributed by atoms with van der Waals surface area (Å²) >= 11 is 0. The second kappa shape index (κ2) is 10.2. The molecule has 0 heterocycles. The van der Waals surface area contributed by atoms with Gasteiger partial charge in [-0.25, -0.2) is 0 Å². The zero-order valence-corrected chi connectivity index (χ0v) is 9.55. The van der Waals surface area contributed by atoms with Gasteiger partial charge in [0.05, 0.1) is 0 Å². The quantitative estimate of drug-likeness (QED) is 0.451. The van der Waals surface area contributed by atoms with Gasteiger partial charge in [-0.3, -0.25) is 0 Å². The summed E-state index contributed by atoms with van der Waals surface area (Å²) in [6.07, 6.45) is -2.33. The molecule has 0 bridgehead atoms. The number of hydrogen-bond donors (Lipinski definition) is 0. The van der Waals surface area contributed by atoms with Crippen LogP contribution in [0.25, 0.3) is 0 Å². The van der Waals surface area contributed by atoms with Crippen molar-refractivity contribution in [3.8, 4) is 0 Å². The number of carboxylic acid groups (broad SMARTS) is 2. The van der Waals surface area contributed by atoms with Crippen LogP contribution in [-0.4, -0.2) is 51.6 Å². The Hall–Kier alpha value is 2.13. The van der Waals surface area contributed by atoms with Crippen LogP contribution in [0.3, 0.4) is 0 Å². The largest absolute Gasteiger partial charge is 3.00 e. The van der Waals surface area contributed by atoms with E-state index in [0.29, 0.717) is 0 Å². The van der Waals surface area contributed by atoms with Gasteiger partial charge in [0.25, 0.3) is 0 Å². The average molecular weight is 288 g/mol. The van der Waals surface area contributed by atoms with Crippen LogP contribution in [0.4, 0.5) is 4.79 Å². The molecule has 0 aromatic carbocycles. The van der Waals surface area contributed by atoms with Gasteiger partial charge in [0.1, 0.15) is 0 Å². The van der Waals surface area contributed by atoms with E-state index in [-0.39, 0.29) is 87.2 Å². The van der Waals surface area contributed by atoms with Gasteiger partial charge in [0, 0.05) is 0 Å². The van der Waals surface area contributed by atoms with E-state index in [1.54, 1.807) is 0 Å². The van der Waals surface area contributed by atoms with Crippen molar-refractivity contribution in [2.24, 2.45) is 0 Å². The Balaban J connectivity index is -0.0000000450. The Morgan fingerprint density at radius 2 is 1.33 bits per heavy atom. The van der Waals surface area contributed by atoms with E-state index in [1.165, 1.54) is 0 Å². The molecule has 0 spiro atoms. The van der Waals surface area contributed by atoms with Gasteiger partial charge in [-0.2, -0.15) is 0 Å². The molecule has 0 aromatic rings. The monoisotopic (exact) mass is 288 g/mol. The maximum Gasteiger partial charge on any atom is 3.00 e. The van der Waals surface area contributed by atoms with Gasteiger partial charge < -0.3 is 15.0 Å². The van der Waals surface area contributed by atoms with Crippen LogP contribution in [0.15, 0.2) is 0 Å². The molecule has 0 saturated carbocycles. The van der Waals surface area contributed by atoms with Crippen LogP contribution < -0.4 is 10.2 Å². The maximum absolute atomic E-state index is 8.33. The van der Waals surface area contributed by atoms with Crippen LogP contribution in [0, 0.1) is 41.7 Å². The fourth-order valence-corrected chi connectivity index (χ4v) is 0. The zero-order valence-electron chi connectivity index (χ0n) is 2.93. The topological polar surface area (TPSA) is 63.2 Å². The number of carbonyl (C=O) groups is 1. The molecule has 0 aromatic heterocycles. The molecule has 5 heteroatoms. The van der Waals surface area contributed by atoms with Gasteiger partial charge in [-0.1, -0.05) is 0 Å². The van der Waals surface area contributed by atoms with E-state index in [0.717, 1.165) is 0 Å². The molecule has 6 heavy (non-hydrogen) atoms. The number of hydrogen-bond acceptors (Lipinski definition) is 3. The molecule has 0 saturated heterocycles. The molecular weight excluding hydrogens is 288 g/mol. The van der Waals surface area contributed by atoms with Crippen LogP contribution in [0.1, 0.15) is 0 Å². The first kappa shape index (κ1) is 15.7. The van der Waals surface area contributed by atoms with E-state index >= 15 is 0 Å². The zero-order chi connectivity index (χ0) is 3.58. The minimum atomic E-state index is -2.33. The van der Waals surface area contributed by atoms with Gasteiger partial charge in [-0.15, -0.1) is 0 Å².